The van der Waals surface area contributed by atoms with Gasteiger partial charge >= 0.3 is 6.18 Å². The molecule has 5 rings (SSSR count). The third-order valence-corrected chi connectivity index (χ3v) is 8.63. The number of nitrogens with zero attached hydrogens (tertiary/aromatic N) is 4. The number of hydrogen-bond acceptors (Lipinski definition) is 6. The smallest absolute Gasteiger partial charge is 0.417 e. The molecular formula is C33H37ClF3N5O3. The van der Waals surface area contributed by atoms with Crippen molar-refractivity contribution in [1.82, 2.24) is 20.1 Å². The summed E-state index contributed by atoms with van der Waals surface area (Å²) in [5.41, 5.74) is 1.22. The number of pyridine rings is 1. The maximum Gasteiger partial charge on any atom is 0.417 e. The number of rotatable bonds is 8. The first-order valence-electron chi connectivity index (χ1n) is 15.1. The summed E-state index contributed by atoms with van der Waals surface area (Å²) in [6, 6.07) is 12.4. The zero-order valence-corrected chi connectivity index (χ0v) is 26.3. The molecule has 0 saturated carbocycles. The summed E-state index contributed by atoms with van der Waals surface area (Å²) in [5, 5.41) is 3.10. The molecule has 0 radical (unpaired) electrons. The second kappa shape index (κ2) is 13.7. The Hall–Kier alpha value is -3.83. The van der Waals surface area contributed by atoms with Crippen LogP contribution < -0.4 is 15.0 Å². The first kappa shape index (κ1) is 32.6. The van der Waals surface area contributed by atoms with E-state index in [4.69, 9.17) is 16.3 Å². The summed E-state index contributed by atoms with van der Waals surface area (Å²) in [6.07, 6.45) is -1.63. The fourth-order valence-corrected chi connectivity index (χ4v) is 6.30. The van der Waals surface area contributed by atoms with E-state index in [0.29, 0.717) is 36.7 Å². The Morgan fingerprint density at radius 1 is 1.04 bits per heavy atom. The first-order chi connectivity index (χ1) is 21.5. The van der Waals surface area contributed by atoms with Gasteiger partial charge in [0.25, 0.3) is 11.8 Å². The summed E-state index contributed by atoms with van der Waals surface area (Å²) < 4.78 is 47.2. The van der Waals surface area contributed by atoms with Gasteiger partial charge < -0.3 is 24.8 Å². The number of amides is 2. The van der Waals surface area contributed by atoms with Gasteiger partial charge in [-0.3, -0.25) is 9.59 Å². The third kappa shape index (κ3) is 7.20. The normalized spacial score (nSPS) is 19.1. The Balaban J connectivity index is 1.47. The molecule has 2 aromatic carbocycles. The van der Waals surface area contributed by atoms with E-state index < -0.39 is 23.2 Å². The maximum absolute atomic E-state index is 13.9. The average Bonchev–Trinajstić information content (AvgIpc) is 3.44. The molecule has 2 saturated heterocycles. The van der Waals surface area contributed by atoms with Crippen molar-refractivity contribution in [3.63, 3.8) is 0 Å². The predicted molar refractivity (Wildman–Crippen MR) is 168 cm³/mol. The Bertz CT molecular complexity index is 1550. The number of likely N-dealkylation sites (N-methyl/N-ethyl adjacent to an activating group) is 1. The number of ether oxygens (including phenoxy) is 1. The largest absolute Gasteiger partial charge is 0.478 e. The number of piperazine rings is 1. The number of carbonyl (C=O) groups is 2. The van der Waals surface area contributed by atoms with Gasteiger partial charge in [0.1, 0.15) is 0 Å². The van der Waals surface area contributed by atoms with Crippen LogP contribution in [0.15, 0.2) is 54.7 Å². The van der Waals surface area contributed by atoms with Crippen LogP contribution in [0.2, 0.25) is 5.02 Å². The molecule has 3 aromatic rings. The van der Waals surface area contributed by atoms with Crippen molar-refractivity contribution in [1.29, 1.82) is 0 Å². The summed E-state index contributed by atoms with van der Waals surface area (Å²) in [4.78, 5) is 37.4. The van der Waals surface area contributed by atoms with E-state index in [1.165, 1.54) is 11.0 Å². The van der Waals surface area contributed by atoms with Gasteiger partial charge in [-0.15, -0.1) is 0 Å². The molecule has 2 aliphatic rings. The lowest BCUT2D eigenvalue weighted by atomic mass is 9.98. The second-order valence-electron chi connectivity index (χ2n) is 11.4. The number of hydrogen-bond donors (Lipinski definition) is 1. The highest BCUT2D eigenvalue weighted by Crippen LogP contribution is 2.36. The Morgan fingerprint density at radius 3 is 2.53 bits per heavy atom. The minimum atomic E-state index is -4.73. The quantitative estimate of drug-likeness (QED) is 0.325. The number of likely N-dealkylation sites (tertiary alicyclic amines) is 1. The van der Waals surface area contributed by atoms with E-state index in [0.717, 1.165) is 42.8 Å². The molecule has 2 fully saturated rings. The highest BCUT2D eigenvalue weighted by molar-refractivity contribution is 6.30. The molecule has 240 valence electrons. The van der Waals surface area contributed by atoms with Crippen molar-refractivity contribution >= 4 is 29.1 Å². The van der Waals surface area contributed by atoms with Crippen molar-refractivity contribution in [2.24, 2.45) is 0 Å². The van der Waals surface area contributed by atoms with Gasteiger partial charge in [-0.1, -0.05) is 24.6 Å². The number of alkyl halides is 3. The molecule has 2 amide bonds. The molecule has 0 spiro atoms. The molecule has 1 N–H and O–H groups in total. The van der Waals surface area contributed by atoms with E-state index in [1.54, 1.807) is 6.20 Å². The summed E-state index contributed by atoms with van der Waals surface area (Å²) in [5.74, 6) is -0.440. The number of aromatic nitrogens is 1. The molecule has 12 heteroatoms. The van der Waals surface area contributed by atoms with Crippen LogP contribution in [0.25, 0.3) is 11.1 Å². The maximum atomic E-state index is 13.9. The van der Waals surface area contributed by atoms with Crippen molar-refractivity contribution in [2.45, 2.75) is 44.9 Å². The lowest BCUT2D eigenvalue weighted by Gasteiger charge is -2.43. The fraction of sp³-hybridized carbons (Fsp3) is 0.424. The van der Waals surface area contributed by atoms with Crippen molar-refractivity contribution in [3.8, 4) is 17.0 Å². The van der Waals surface area contributed by atoms with Gasteiger partial charge in [0.15, 0.2) is 0 Å². The second-order valence-corrected chi connectivity index (χ2v) is 11.9. The topological polar surface area (TPSA) is 78.0 Å². The van der Waals surface area contributed by atoms with Gasteiger partial charge in [0.05, 0.1) is 23.3 Å². The van der Waals surface area contributed by atoms with Crippen LogP contribution in [0.5, 0.6) is 5.88 Å². The molecule has 45 heavy (non-hydrogen) atoms. The zero-order chi connectivity index (χ0) is 32.3. The SMILES string of the molecule is CCOc1ncccc1-c1ccc(N2CCN(C(=O)c3ccc(Cl)cc3C(F)(F)F)C[C@H]2CC)c(C(=O)N[C@@H]2CCN(C)C2)c1. The lowest BCUT2D eigenvalue weighted by molar-refractivity contribution is -0.138. The molecule has 8 nitrogen and oxygen atoms in total. The van der Waals surface area contributed by atoms with Crippen LogP contribution >= 0.6 is 11.6 Å². The lowest BCUT2D eigenvalue weighted by Crippen LogP contribution is -2.55. The number of nitrogens with one attached hydrogen (secondary N) is 1. The van der Waals surface area contributed by atoms with Crippen LogP contribution in [0.3, 0.4) is 0 Å². The monoisotopic (exact) mass is 643 g/mol. The number of halogens is 4. The van der Waals surface area contributed by atoms with Crippen LogP contribution in [0.1, 0.15) is 53.0 Å². The van der Waals surface area contributed by atoms with E-state index in [9.17, 15) is 22.8 Å². The van der Waals surface area contributed by atoms with Crippen LogP contribution in [0.4, 0.5) is 18.9 Å². The minimum absolute atomic E-state index is 0.00929. The van der Waals surface area contributed by atoms with Gasteiger partial charge in [-0.2, -0.15) is 13.2 Å². The third-order valence-electron chi connectivity index (χ3n) is 8.40. The van der Waals surface area contributed by atoms with Crippen molar-refractivity contribution in [3.05, 3.63) is 76.4 Å². The Labute approximate surface area is 266 Å². The Morgan fingerprint density at radius 2 is 1.84 bits per heavy atom. The van der Waals surface area contributed by atoms with E-state index in [1.807, 2.05) is 51.2 Å². The summed E-state index contributed by atoms with van der Waals surface area (Å²) in [6.45, 7) is 6.63. The molecule has 2 aliphatic heterocycles. The highest BCUT2D eigenvalue weighted by atomic mass is 35.5. The van der Waals surface area contributed by atoms with Crippen LogP contribution in [-0.4, -0.2) is 85.1 Å². The molecule has 1 aromatic heterocycles. The number of carbonyl (C=O) groups excluding carboxylic acids is 2. The molecule has 0 unspecified atom stereocenters. The summed E-state index contributed by atoms with van der Waals surface area (Å²) in [7, 11) is 2.02. The standard InChI is InChI=1S/C33H37ClF3N5O3/c1-4-24-20-41(32(44)26-10-9-22(34)18-28(26)33(35,36)37)15-16-42(24)29-11-8-21(25-7-6-13-38-31(25)45-5-2)17-27(29)30(43)39-23-12-14-40(3)19-23/h6-11,13,17-18,23-24H,4-5,12,14-16,19-20H2,1-3H3,(H,39,43)/t23-,24-/m1/s1. The predicted octanol–water partition coefficient (Wildman–Crippen LogP) is 5.99. The van der Waals surface area contributed by atoms with E-state index in [2.05, 4.69) is 20.1 Å². The fourth-order valence-electron chi connectivity index (χ4n) is 6.13. The Kier molecular flexibility index (Phi) is 9.88. The zero-order valence-electron chi connectivity index (χ0n) is 25.5. The average molecular weight is 644 g/mol. The van der Waals surface area contributed by atoms with Gasteiger partial charge in [0, 0.05) is 60.7 Å². The molecule has 0 aliphatic carbocycles. The molecule has 0 bridgehead atoms. The summed E-state index contributed by atoms with van der Waals surface area (Å²) >= 11 is 5.84. The molecular weight excluding hydrogens is 607 g/mol. The first-order valence-corrected chi connectivity index (χ1v) is 15.5. The van der Waals surface area contributed by atoms with Crippen LogP contribution in [-0.2, 0) is 6.18 Å². The highest BCUT2D eigenvalue weighted by Gasteiger charge is 2.38. The molecule has 3 heterocycles. The number of benzene rings is 2. The van der Waals surface area contributed by atoms with E-state index >= 15 is 0 Å². The number of anilines is 1. The van der Waals surface area contributed by atoms with Crippen LogP contribution in [0, 0.1) is 0 Å². The van der Waals surface area contributed by atoms with Gasteiger partial charge in [-0.05, 0) is 81.4 Å². The van der Waals surface area contributed by atoms with Crippen molar-refractivity contribution < 1.29 is 27.5 Å². The minimum Gasteiger partial charge on any atom is -0.478 e. The van der Waals surface area contributed by atoms with Gasteiger partial charge in [-0.25, -0.2) is 4.98 Å². The molecule has 2 atom stereocenters. The van der Waals surface area contributed by atoms with Gasteiger partial charge in [0.2, 0.25) is 5.88 Å². The van der Waals surface area contributed by atoms with Crippen molar-refractivity contribution in [2.75, 3.05) is 51.3 Å². The van der Waals surface area contributed by atoms with E-state index in [-0.39, 0.29) is 36.1 Å².